The van der Waals surface area contributed by atoms with Crippen molar-refractivity contribution in [3.05, 3.63) is 93.7 Å². The molecule has 132 valence electrons. The summed E-state index contributed by atoms with van der Waals surface area (Å²) in [5.74, 6) is -0.751. The van der Waals surface area contributed by atoms with Gasteiger partial charge in [-0.3, -0.25) is 9.59 Å². The van der Waals surface area contributed by atoms with Crippen molar-refractivity contribution in [2.75, 3.05) is 5.32 Å². The molecule has 0 saturated heterocycles. The van der Waals surface area contributed by atoms with Crippen molar-refractivity contribution in [1.82, 2.24) is 9.78 Å². The first-order chi connectivity index (χ1) is 12.5. The summed E-state index contributed by atoms with van der Waals surface area (Å²) >= 11 is 0. The first-order valence-electron chi connectivity index (χ1n) is 8.28. The van der Waals surface area contributed by atoms with Crippen LogP contribution in [-0.2, 0) is 13.0 Å². The van der Waals surface area contributed by atoms with Gasteiger partial charge >= 0.3 is 0 Å². The van der Waals surface area contributed by atoms with Crippen LogP contribution in [0.3, 0.4) is 0 Å². The zero-order chi connectivity index (χ0) is 18.5. The number of carbonyl (C=O) groups is 1. The average molecular weight is 351 g/mol. The van der Waals surface area contributed by atoms with E-state index in [4.69, 9.17) is 0 Å². The van der Waals surface area contributed by atoms with Crippen LogP contribution < -0.4 is 10.9 Å². The molecule has 5 nitrogen and oxygen atoms in total. The minimum Gasteiger partial charge on any atom is -0.321 e. The quantitative estimate of drug-likeness (QED) is 0.767. The van der Waals surface area contributed by atoms with Crippen LogP contribution in [-0.4, -0.2) is 15.7 Å². The van der Waals surface area contributed by atoms with Gasteiger partial charge in [0.1, 0.15) is 11.5 Å². The number of carbonyl (C=O) groups excluding carboxylic acids is 1. The number of rotatable bonds is 5. The number of amides is 1. The normalized spacial score (nSPS) is 10.5. The highest BCUT2D eigenvalue weighted by Gasteiger charge is 2.10. The second-order valence-electron chi connectivity index (χ2n) is 5.85. The molecule has 0 spiro atoms. The molecule has 0 atom stereocenters. The van der Waals surface area contributed by atoms with Gasteiger partial charge in [0.05, 0.1) is 6.54 Å². The summed E-state index contributed by atoms with van der Waals surface area (Å²) in [6, 6.07) is 16.0. The molecule has 3 rings (SSSR count). The Hall–Kier alpha value is -3.28. The van der Waals surface area contributed by atoms with Gasteiger partial charge in [0, 0.05) is 11.8 Å². The van der Waals surface area contributed by atoms with Crippen LogP contribution in [0.4, 0.5) is 10.1 Å². The number of hydrogen-bond donors (Lipinski definition) is 1. The van der Waals surface area contributed by atoms with Crippen molar-refractivity contribution < 1.29 is 9.18 Å². The minimum absolute atomic E-state index is 0.131. The lowest BCUT2D eigenvalue weighted by Gasteiger charge is -2.08. The maximum Gasteiger partial charge on any atom is 0.276 e. The van der Waals surface area contributed by atoms with Gasteiger partial charge in [-0.15, -0.1) is 0 Å². The molecule has 1 aromatic heterocycles. The molecule has 1 heterocycles. The second kappa shape index (κ2) is 7.74. The number of nitrogens with zero attached hydrogens (tertiary/aromatic N) is 2. The largest absolute Gasteiger partial charge is 0.321 e. The zero-order valence-corrected chi connectivity index (χ0v) is 14.3. The molecule has 0 saturated carbocycles. The van der Waals surface area contributed by atoms with Crippen molar-refractivity contribution in [3.8, 4) is 0 Å². The van der Waals surface area contributed by atoms with Crippen molar-refractivity contribution >= 4 is 11.6 Å². The van der Waals surface area contributed by atoms with Crippen molar-refractivity contribution in [2.24, 2.45) is 0 Å². The highest BCUT2D eigenvalue weighted by Crippen LogP contribution is 2.11. The lowest BCUT2D eigenvalue weighted by Crippen LogP contribution is -2.26. The van der Waals surface area contributed by atoms with E-state index in [1.165, 1.54) is 34.5 Å². The van der Waals surface area contributed by atoms with E-state index in [1.807, 2.05) is 24.3 Å². The summed E-state index contributed by atoms with van der Waals surface area (Å²) in [6.07, 6.45) is 0.921. The Morgan fingerprint density at radius 2 is 1.65 bits per heavy atom. The van der Waals surface area contributed by atoms with E-state index in [9.17, 15) is 14.0 Å². The van der Waals surface area contributed by atoms with Crippen LogP contribution in [0, 0.1) is 5.82 Å². The average Bonchev–Trinajstić information content (AvgIpc) is 2.66. The molecule has 0 aliphatic rings. The number of aromatic nitrogens is 2. The van der Waals surface area contributed by atoms with Gasteiger partial charge in [0.2, 0.25) is 0 Å². The SMILES string of the molecule is CCc1ccc(NC(=O)c2ccc(=O)n(Cc3ccc(F)cc3)n2)cc1. The van der Waals surface area contributed by atoms with E-state index in [0.717, 1.165) is 6.42 Å². The van der Waals surface area contributed by atoms with Crippen LogP contribution >= 0.6 is 0 Å². The van der Waals surface area contributed by atoms with Crippen molar-refractivity contribution in [2.45, 2.75) is 19.9 Å². The molecule has 0 fully saturated rings. The molecule has 0 radical (unpaired) electrons. The lowest BCUT2D eigenvalue weighted by molar-refractivity contribution is 0.102. The molecule has 2 aromatic carbocycles. The molecule has 0 aliphatic heterocycles. The predicted octanol–water partition coefficient (Wildman–Crippen LogP) is 3.25. The van der Waals surface area contributed by atoms with Crippen LogP contribution in [0.5, 0.6) is 0 Å². The zero-order valence-electron chi connectivity index (χ0n) is 14.3. The van der Waals surface area contributed by atoms with Crippen molar-refractivity contribution in [1.29, 1.82) is 0 Å². The fourth-order valence-corrected chi connectivity index (χ4v) is 2.46. The lowest BCUT2D eigenvalue weighted by atomic mass is 10.1. The highest BCUT2D eigenvalue weighted by molar-refractivity contribution is 6.02. The molecular weight excluding hydrogens is 333 g/mol. The van der Waals surface area contributed by atoms with Gasteiger partial charge < -0.3 is 5.32 Å². The van der Waals surface area contributed by atoms with Crippen LogP contribution in [0.1, 0.15) is 28.5 Å². The molecule has 0 aliphatic carbocycles. The summed E-state index contributed by atoms with van der Waals surface area (Å²) in [7, 11) is 0. The number of hydrogen-bond acceptors (Lipinski definition) is 3. The monoisotopic (exact) mass is 351 g/mol. The summed E-state index contributed by atoms with van der Waals surface area (Å²) in [5.41, 5.74) is 2.34. The van der Waals surface area contributed by atoms with Crippen molar-refractivity contribution in [3.63, 3.8) is 0 Å². The Labute approximate surface area is 150 Å². The number of nitrogens with one attached hydrogen (secondary N) is 1. The molecule has 0 bridgehead atoms. The van der Waals surface area contributed by atoms with E-state index >= 15 is 0 Å². The maximum absolute atomic E-state index is 13.0. The summed E-state index contributed by atoms with van der Waals surface area (Å²) < 4.78 is 14.2. The first-order valence-corrected chi connectivity index (χ1v) is 8.28. The Balaban J connectivity index is 1.78. The van der Waals surface area contributed by atoms with Crippen LogP contribution in [0.2, 0.25) is 0 Å². The number of benzene rings is 2. The molecule has 6 heteroatoms. The first kappa shape index (κ1) is 17.5. The van der Waals surface area contributed by atoms with E-state index in [1.54, 1.807) is 12.1 Å². The molecule has 3 aromatic rings. The minimum atomic E-state index is -0.401. The van der Waals surface area contributed by atoms with E-state index in [2.05, 4.69) is 17.3 Å². The molecule has 1 amide bonds. The summed E-state index contributed by atoms with van der Waals surface area (Å²) in [4.78, 5) is 24.4. The molecular formula is C20H18FN3O2. The van der Waals surface area contributed by atoms with E-state index in [0.29, 0.717) is 11.3 Å². The molecule has 1 N–H and O–H groups in total. The number of aryl methyl sites for hydroxylation is 1. The van der Waals surface area contributed by atoms with Gasteiger partial charge in [-0.05, 0) is 47.9 Å². The van der Waals surface area contributed by atoms with Gasteiger partial charge in [-0.1, -0.05) is 31.2 Å². The smallest absolute Gasteiger partial charge is 0.276 e. The third kappa shape index (κ3) is 4.22. The number of halogens is 1. The third-order valence-electron chi connectivity index (χ3n) is 3.96. The third-order valence-corrected chi connectivity index (χ3v) is 3.96. The van der Waals surface area contributed by atoms with Crippen LogP contribution in [0.25, 0.3) is 0 Å². The fourth-order valence-electron chi connectivity index (χ4n) is 2.46. The van der Waals surface area contributed by atoms with Gasteiger partial charge in [0.15, 0.2) is 0 Å². The molecule has 26 heavy (non-hydrogen) atoms. The molecule has 0 unspecified atom stereocenters. The Morgan fingerprint density at radius 1 is 1.00 bits per heavy atom. The highest BCUT2D eigenvalue weighted by atomic mass is 19.1. The second-order valence-corrected chi connectivity index (χ2v) is 5.85. The van der Waals surface area contributed by atoms with Crippen LogP contribution in [0.15, 0.2) is 65.5 Å². The maximum atomic E-state index is 13.0. The predicted molar refractivity (Wildman–Crippen MR) is 97.8 cm³/mol. The summed E-state index contributed by atoms with van der Waals surface area (Å²) in [6.45, 7) is 2.22. The fraction of sp³-hybridized carbons (Fsp3) is 0.150. The van der Waals surface area contributed by atoms with E-state index < -0.39 is 5.91 Å². The van der Waals surface area contributed by atoms with E-state index in [-0.39, 0.29) is 23.6 Å². The topological polar surface area (TPSA) is 64.0 Å². The van der Waals surface area contributed by atoms with Gasteiger partial charge in [-0.2, -0.15) is 5.10 Å². The Bertz CT molecular complexity index is 964. The number of anilines is 1. The Kier molecular flexibility index (Phi) is 5.22. The van der Waals surface area contributed by atoms with Gasteiger partial charge in [-0.25, -0.2) is 9.07 Å². The summed E-state index contributed by atoms with van der Waals surface area (Å²) in [5, 5.41) is 6.88. The Morgan fingerprint density at radius 3 is 2.31 bits per heavy atom. The standard InChI is InChI=1S/C20H18FN3O2/c1-2-14-5-9-17(10-6-14)22-20(26)18-11-12-19(25)24(23-18)13-15-3-7-16(21)8-4-15/h3-12H,2,13H2,1H3,(H,22,26). The van der Waals surface area contributed by atoms with Gasteiger partial charge in [0.25, 0.3) is 11.5 Å².